The van der Waals surface area contributed by atoms with Crippen molar-refractivity contribution in [1.29, 1.82) is 0 Å². The molecule has 27 heavy (non-hydrogen) atoms. The van der Waals surface area contributed by atoms with Crippen LogP contribution in [0, 0.1) is 0 Å². The highest BCUT2D eigenvalue weighted by molar-refractivity contribution is 8.26. The molecule has 0 saturated carbocycles. The first kappa shape index (κ1) is 19.8. The number of amides is 2. The summed E-state index contributed by atoms with van der Waals surface area (Å²) >= 11 is 8.22. The minimum Gasteiger partial charge on any atom is -0.356 e. The first-order chi connectivity index (χ1) is 13.1. The molecule has 3 rings (SSSR count). The van der Waals surface area contributed by atoms with Gasteiger partial charge in [0.05, 0.1) is 11.2 Å². The van der Waals surface area contributed by atoms with E-state index in [0.29, 0.717) is 35.2 Å². The Kier molecular flexibility index (Phi) is 7.19. The summed E-state index contributed by atoms with van der Waals surface area (Å²) in [5.41, 5.74) is 0. The van der Waals surface area contributed by atoms with Crippen LogP contribution in [0.25, 0.3) is 6.08 Å². The fourth-order valence-electron chi connectivity index (χ4n) is 2.59. The summed E-state index contributed by atoms with van der Waals surface area (Å²) in [6.45, 7) is 1.92. The van der Waals surface area contributed by atoms with Crippen molar-refractivity contribution in [1.82, 2.24) is 19.8 Å². The third-order valence-electron chi connectivity index (χ3n) is 3.95. The molecule has 0 bridgehead atoms. The summed E-state index contributed by atoms with van der Waals surface area (Å²) in [5, 5.41) is 4.88. The molecule has 6 nitrogen and oxygen atoms in total. The molecule has 0 spiro atoms. The Bertz CT molecular complexity index is 816. The monoisotopic (exact) mass is 420 g/mol. The van der Waals surface area contributed by atoms with E-state index in [0.717, 1.165) is 17.8 Å². The van der Waals surface area contributed by atoms with Gasteiger partial charge in [0.25, 0.3) is 5.91 Å². The van der Waals surface area contributed by atoms with Crippen LogP contribution in [-0.2, 0) is 16.1 Å². The van der Waals surface area contributed by atoms with Crippen LogP contribution in [0.4, 0.5) is 0 Å². The predicted molar refractivity (Wildman–Crippen MR) is 113 cm³/mol. The Morgan fingerprint density at radius 3 is 2.96 bits per heavy atom. The van der Waals surface area contributed by atoms with Crippen LogP contribution in [0.3, 0.4) is 0 Å². The van der Waals surface area contributed by atoms with Crippen LogP contribution in [0.1, 0.15) is 24.1 Å². The van der Waals surface area contributed by atoms with E-state index < -0.39 is 0 Å². The van der Waals surface area contributed by atoms with Crippen LogP contribution < -0.4 is 5.32 Å². The number of imidazole rings is 1. The molecule has 9 heteroatoms. The average Bonchev–Trinajstić information content (AvgIpc) is 3.39. The van der Waals surface area contributed by atoms with E-state index in [1.165, 1.54) is 11.8 Å². The quantitative estimate of drug-likeness (QED) is 0.384. The largest absolute Gasteiger partial charge is 0.356 e. The van der Waals surface area contributed by atoms with Gasteiger partial charge in [-0.25, -0.2) is 4.98 Å². The number of rotatable bonds is 9. The molecule has 0 unspecified atom stereocenters. The average molecular weight is 421 g/mol. The zero-order valence-corrected chi connectivity index (χ0v) is 17.1. The lowest BCUT2D eigenvalue weighted by atomic mass is 10.2. The van der Waals surface area contributed by atoms with Gasteiger partial charge in [0.15, 0.2) is 0 Å². The molecule has 2 aromatic rings. The normalized spacial score (nSPS) is 15.7. The number of thiophene rings is 1. The summed E-state index contributed by atoms with van der Waals surface area (Å²) in [6, 6.07) is 3.92. The lowest BCUT2D eigenvalue weighted by Crippen LogP contribution is -2.31. The Morgan fingerprint density at radius 1 is 1.33 bits per heavy atom. The third-order valence-corrected chi connectivity index (χ3v) is 6.15. The van der Waals surface area contributed by atoms with E-state index in [1.54, 1.807) is 28.8 Å². The SMILES string of the molecule is O=C(CCCN1C(=O)C(=Cc2cccs2)SC1=S)NCCCn1ccnc1. The van der Waals surface area contributed by atoms with Gasteiger partial charge < -0.3 is 9.88 Å². The molecule has 2 amide bonds. The molecule has 1 fully saturated rings. The van der Waals surface area contributed by atoms with Crippen molar-refractivity contribution in [2.75, 3.05) is 13.1 Å². The van der Waals surface area contributed by atoms with Gasteiger partial charge in [-0.1, -0.05) is 30.0 Å². The number of aryl methyl sites for hydroxylation is 1. The highest BCUT2D eigenvalue weighted by Gasteiger charge is 2.31. The molecule has 1 aliphatic rings. The van der Waals surface area contributed by atoms with Crippen molar-refractivity contribution in [3.05, 3.63) is 46.0 Å². The van der Waals surface area contributed by atoms with Crippen LogP contribution in [-0.4, -0.2) is 43.7 Å². The van der Waals surface area contributed by atoms with Crippen molar-refractivity contribution in [3.63, 3.8) is 0 Å². The molecule has 0 aliphatic carbocycles. The fraction of sp³-hybridized carbons (Fsp3) is 0.333. The number of carbonyl (C=O) groups excluding carboxylic acids is 2. The highest BCUT2D eigenvalue weighted by atomic mass is 32.2. The smallest absolute Gasteiger partial charge is 0.266 e. The van der Waals surface area contributed by atoms with Crippen LogP contribution in [0.15, 0.2) is 41.1 Å². The summed E-state index contributed by atoms with van der Waals surface area (Å²) in [4.78, 5) is 31.7. The summed E-state index contributed by atoms with van der Waals surface area (Å²) in [6.07, 6.45) is 9.09. The maximum Gasteiger partial charge on any atom is 0.266 e. The van der Waals surface area contributed by atoms with E-state index in [1.807, 2.05) is 34.4 Å². The van der Waals surface area contributed by atoms with Crippen molar-refractivity contribution in [3.8, 4) is 0 Å². The standard InChI is InChI=1S/C18H20N4O2S3/c23-16(20-6-3-8-21-10-7-19-13-21)5-1-9-22-17(24)15(27-18(22)25)12-14-4-2-11-26-14/h2,4,7,10-13H,1,3,5-6,8-9H2,(H,20,23). The van der Waals surface area contributed by atoms with Crippen molar-refractivity contribution < 1.29 is 9.59 Å². The van der Waals surface area contributed by atoms with Gasteiger partial charge in [-0.2, -0.15) is 0 Å². The number of hydrogen-bond acceptors (Lipinski definition) is 6. The minimum atomic E-state index is -0.0702. The van der Waals surface area contributed by atoms with Gasteiger partial charge in [0.1, 0.15) is 4.32 Å². The van der Waals surface area contributed by atoms with Crippen LogP contribution in [0.2, 0.25) is 0 Å². The number of hydrogen-bond donors (Lipinski definition) is 1. The molecular formula is C18H20N4O2S3. The Balaban J connectivity index is 1.36. The minimum absolute atomic E-state index is 0.000185. The lowest BCUT2D eigenvalue weighted by Gasteiger charge is -2.14. The Labute approximate surface area is 171 Å². The summed E-state index contributed by atoms with van der Waals surface area (Å²) in [7, 11) is 0. The van der Waals surface area contributed by atoms with Gasteiger partial charge in [-0.05, 0) is 30.4 Å². The molecule has 0 atom stereocenters. The van der Waals surface area contributed by atoms with Gasteiger partial charge in [0, 0.05) is 43.3 Å². The van der Waals surface area contributed by atoms with E-state index >= 15 is 0 Å². The molecule has 2 aromatic heterocycles. The van der Waals surface area contributed by atoms with Crippen LogP contribution in [0.5, 0.6) is 0 Å². The van der Waals surface area contributed by atoms with E-state index in [2.05, 4.69) is 10.3 Å². The van der Waals surface area contributed by atoms with Gasteiger partial charge in [0.2, 0.25) is 5.91 Å². The molecule has 3 heterocycles. The van der Waals surface area contributed by atoms with Crippen molar-refractivity contribution in [2.24, 2.45) is 0 Å². The van der Waals surface area contributed by atoms with Crippen molar-refractivity contribution >= 4 is 57.5 Å². The van der Waals surface area contributed by atoms with Gasteiger partial charge >= 0.3 is 0 Å². The predicted octanol–water partition coefficient (Wildman–Crippen LogP) is 3.13. The van der Waals surface area contributed by atoms with E-state index in [-0.39, 0.29) is 11.8 Å². The number of thioether (sulfide) groups is 1. The Morgan fingerprint density at radius 2 is 2.22 bits per heavy atom. The molecule has 142 valence electrons. The van der Waals surface area contributed by atoms with Crippen LogP contribution >= 0.6 is 35.3 Å². The second-order valence-electron chi connectivity index (χ2n) is 5.96. The summed E-state index contributed by atoms with van der Waals surface area (Å²) < 4.78 is 2.54. The number of nitrogens with one attached hydrogen (secondary N) is 1. The Hall–Kier alpha value is -1.97. The molecule has 1 aliphatic heterocycles. The molecule has 1 saturated heterocycles. The molecular weight excluding hydrogens is 400 g/mol. The fourth-order valence-corrected chi connectivity index (χ4v) is 4.62. The van der Waals surface area contributed by atoms with Crippen molar-refractivity contribution in [2.45, 2.75) is 25.8 Å². The topological polar surface area (TPSA) is 67.2 Å². The third kappa shape index (κ3) is 5.75. The maximum atomic E-state index is 12.5. The second kappa shape index (κ2) is 9.82. The highest BCUT2D eigenvalue weighted by Crippen LogP contribution is 2.33. The van der Waals surface area contributed by atoms with Gasteiger partial charge in [-0.15, -0.1) is 11.3 Å². The molecule has 1 N–H and O–H groups in total. The zero-order valence-electron chi connectivity index (χ0n) is 14.7. The first-order valence-corrected chi connectivity index (χ1v) is 10.8. The van der Waals surface area contributed by atoms with E-state index in [4.69, 9.17) is 12.2 Å². The first-order valence-electron chi connectivity index (χ1n) is 8.65. The zero-order chi connectivity index (χ0) is 19.1. The van der Waals surface area contributed by atoms with Gasteiger partial charge in [-0.3, -0.25) is 14.5 Å². The summed E-state index contributed by atoms with van der Waals surface area (Å²) in [5.74, 6) is -0.0701. The second-order valence-corrected chi connectivity index (χ2v) is 8.61. The maximum absolute atomic E-state index is 12.5. The van der Waals surface area contributed by atoms with E-state index in [9.17, 15) is 9.59 Å². The lowest BCUT2D eigenvalue weighted by molar-refractivity contribution is -0.124. The number of nitrogens with zero attached hydrogens (tertiary/aromatic N) is 3. The molecule has 0 radical (unpaired) electrons. The number of thiocarbonyl (C=S) groups is 1. The molecule has 0 aromatic carbocycles. The number of aromatic nitrogens is 2. The number of carbonyl (C=O) groups is 2.